The molecule has 21 heavy (non-hydrogen) atoms. The number of hydrogen-bond acceptors (Lipinski definition) is 4. The first-order valence-corrected chi connectivity index (χ1v) is 7.96. The van der Waals surface area contributed by atoms with Crippen molar-refractivity contribution in [3.05, 3.63) is 17.6 Å². The van der Waals surface area contributed by atoms with Crippen LogP contribution >= 0.6 is 0 Å². The van der Waals surface area contributed by atoms with Gasteiger partial charge in [-0.1, -0.05) is 13.3 Å². The molecule has 1 aliphatic heterocycles. The molecule has 1 aliphatic rings. The average Bonchev–Trinajstić information content (AvgIpc) is 2.45. The van der Waals surface area contributed by atoms with Gasteiger partial charge in [0.25, 0.3) is 0 Å². The van der Waals surface area contributed by atoms with Crippen molar-refractivity contribution >= 4 is 11.7 Å². The van der Waals surface area contributed by atoms with Crippen LogP contribution in [0.2, 0.25) is 0 Å². The van der Waals surface area contributed by atoms with Crippen molar-refractivity contribution < 1.29 is 4.79 Å². The van der Waals surface area contributed by atoms with Gasteiger partial charge in [0.1, 0.15) is 11.6 Å². The monoisotopic (exact) mass is 290 g/mol. The van der Waals surface area contributed by atoms with Gasteiger partial charge in [-0.25, -0.2) is 9.97 Å². The Morgan fingerprint density at radius 2 is 2.29 bits per heavy atom. The maximum absolute atomic E-state index is 10.9. The molecule has 116 valence electrons. The highest BCUT2D eigenvalue weighted by Crippen LogP contribution is 2.25. The number of primary amides is 1. The first kappa shape index (κ1) is 15.7. The standard InChI is InChI=1S/C16H26N4O/c1-3-5-14-10-16(19-12(2)18-14)20-9-4-6-13(11-20)7-8-15(17)21/h10,13H,3-9,11H2,1-2H3,(H2,17,21)/t13-/m1/s1. The third-order valence-corrected chi connectivity index (χ3v) is 4.03. The summed E-state index contributed by atoms with van der Waals surface area (Å²) < 4.78 is 0. The molecule has 0 radical (unpaired) electrons. The van der Waals surface area contributed by atoms with E-state index in [0.29, 0.717) is 12.3 Å². The molecule has 1 atom stereocenters. The van der Waals surface area contributed by atoms with Crippen molar-refractivity contribution in [3.8, 4) is 0 Å². The number of nitrogens with two attached hydrogens (primary N) is 1. The lowest BCUT2D eigenvalue weighted by Crippen LogP contribution is -2.36. The number of rotatable bonds is 6. The Morgan fingerprint density at radius 3 is 3.00 bits per heavy atom. The van der Waals surface area contributed by atoms with Gasteiger partial charge in [-0.3, -0.25) is 4.79 Å². The van der Waals surface area contributed by atoms with E-state index in [2.05, 4.69) is 27.9 Å². The second-order valence-electron chi connectivity index (χ2n) is 5.97. The van der Waals surface area contributed by atoms with Crippen LogP contribution in [-0.2, 0) is 11.2 Å². The van der Waals surface area contributed by atoms with Gasteiger partial charge >= 0.3 is 0 Å². The van der Waals surface area contributed by atoms with E-state index in [1.54, 1.807) is 0 Å². The lowest BCUT2D eigenvalue weighted by molar-refractivity contribution is -0.118. The Hall–Kier alpha value is -1.65. The molecule has 5 nitrogen and oxygen atoms in total. The minimum Gasteiger partial charge on any atom is -0.370 e. The minimum absolute atomic E-state index is 0.199. The molecule has 0 saturated carbocycles. The second-order valence-corrected chi connectivity index (χ2v) is 5.97. The Kier molecular flexibility index (Phi) is 5.53. The van der Waals surface area contributed by atoms with Crippen LogP contribution in [0.1, 0.15) is 50.5 Å². The van der Waals surface area contributed by atoms with E-state index < -0.39 is 0 Å². The Bertz CT molecular complexity index is 489. The van der Waals surface area contributed by atoms with E-state index in [4.69, 9.17) is 5.73 Å². The molecule has 0 unspecified atom stereocenters. The van der Waals surface area contributed by atoms with Crippen molar-refractivity contribution in [2.45, 2.75) is 52.4 Å². The van der Waals surface area contributed by atoms with Crippen LogP contribution in [0.25, 0.3) is 0 Å². The van der Waals surface area contributed by atoms with Gasteiger partial charge in [0.2, 0.25) is 5.91 Å². The van der Waals surface area contributed by atoms with Gasteiger partial charge < -0.3 is 10.6 Å². The summed E-state index contributed by atoms with van der Waals surface area (Å²) in [6.45, 7) is 6.12. The maximum Gasteiger partial charge on any atom is 0.217 e. The van der Waals surface area contributed by atoms with Gasteiger partial charge in [-0.15, -0.1) is 0 Å². The number of piperidine rings is 1. The largest absolute Gasteiger partial charge is 0.370 e. The molecule has 1 amide bonds. The van der Waals surface area contributed by atoms with Gasteiger partial charge in [0, 0.05) is 31.3 Å². The SMILES string of the molecule is CCCc1cc(N2CCC[C@H](CCC(N)=O)C2)nc(C)n1. The fourth-order valence-electron chi connectivity index (χ4n) is 3.01. The predicted octanol–water partition coefficient (Wildman–Crippen LogP) is 2.22. The molecular weight excluding hydrogens is 264 g/mol. The zero-order valence-electron chi connectivity index (χ0n) is 13.1. The quantitative estimate of drug-likeness (QED) is 0.872. The number of carbonyl (C=O) groups excluding carboxylic acids is 1. The summed E-state index contributed by atoms with van der Waals surface area (Å²) in [5, 5.41) is 0. The van der Waals surface area contributed by atoms with Crippen LogP contribution in [0.3, 0.4) is 0 Å². The van der Waals surface area contributed by atoms with E-state index in [1.807, 2.05) is 6.92 Å². The van der Waals surface area contributed by atoms with Gasteiger partial charge in [-0.2, -0.15) is 0 Å². The molecular formula is C16H26N4O. The molecule has 0 aliphatic carbocycles. The number of amides is 1. The van der Waals surface area contributed by atoms with Crippen molar-refractivity contribution in [2.24, 2.45) is 11.7 Å². The van der Waals surface area contributed by atoms with E-state index >= 15 is 0 Å². The smallest absolute Gasteiger partial charge is 0.217 e. The van der Waals surface area contributed by atoms with E-state index in [1.165, 1.54) is 6.42 Å². The summed E-state index contributed by atoms with van der Waals surface area (Å²) in [5.41, 5.74) is 6.38. The van der Waals surface area contributed by atoms with Crippen LogP contribution in [-0.4, -0.2) is 29.0 Å². The first-order chi connectivity index (χ1) is 10.1. The molecule has 2 heterocycles. The number of nitrogens with zero attached hydrogens (tertiary/aromatic N) is 3. The number of aromatic nitrogens is 2. The molecule has 1 fully saturated rings. The molecule has 1 aromatic rings. The van der Waals surface area contributed by atoms with Gasteiger partial charge in [0.05, 0.1) is 0 Å². The summed E-state index contributed by atoms with van der Waals surface area (Å²) >= 11 is 0. The Morgan fingerprint density at radius 1 is 1.48 bits per heavy atom. The normalized spacial score (nSPS) is 18.8. The molecule has 5 heteroatoms. The van der Waals surface area contributed by atoms with Crippen molar-refractivity contribution in [1.82, 2.24) is 9.97 Å². The minimum atomic E-state index is -0.199. The molecule has 2 N–H and O–H groups in total. The third-order valence-electron chi connectivity index (χ3n) is 4.03. The lowest BCUT2D eigenvalue weighted by atomic mass is 9.93. The third kappa shape index (κ3) is 4.69. The van der Waals surface area contributed by atoms with E-state index in [-0.39, 0.29) is 5.91 Å². The molecule has 2 rings (SSSR count). The van der Waals surface area contributed by atoms with E-state index in [0.717, 1.165) is 56.1 Å². The number of aryl methyl sites for hydroxylation is 2. The van der Waals surface area contributed by atoms with Crippen LogP contribution < -0.4 is 10.6 Å². The number of hydrogen-bond donors (Lipinski definition) is 1. The van der Waals surface area contributed by atoms with Gasteiger partial charge in [-0.05, 0) is 38.5 Å². The number of anilines is 1. The molecule has 1 saturated heterocycles. The Balaban J connectivity index is 2.04. The van der Waals surface area contributed by atoms with Crippen LogP contribution in [0.5, 0.6) is 0 Å². The Labute approximate surface area is 127 Å². The zero-order valence-corrected chi connectivity index (χ0v) is 13.1. The summed E-state index contributed by atoms with van der Waals surface area (Å²) in [6.07, 6.45) is 5.79. The van der Waals surface area contributed by atoms with Crippen LogP contribution in [0.4, 0.5) is 5.82 Å². The molecule has 0 bridgehead atoms. The van der Waals surface area contributed by atoms with Crippen molar-refractivity contribution in [3.63, 3.8) is 0 Å². The first-order valence-electron chi connectivity index (χ1n) is 7.96. The fourth-order valence-corrected chi connectivity index (χ4v) is 3.01. The fraction of sp³-hybridized carbons (Fsp3) is 0.688. The number of carbonyl (C=O) groups is 1. The molecule has 0 aromatic carbocycles. The van der Waals surface area contributed by atoms with Crippen LogP contribution in [0.15, 0.2) is 6.07 Å². The average molecular weight is 290 g/mol. The van der Waals surface area contributed by atoms with Gasteiger partial charge in [0.15, 0.2) is 0 Å². The van der Waals surface area contributed by atoms with E-state index in [9.17, 15) is 4.79 Å². The van der Waals surface area contributed by atoms with Crippen molar-refractivity contribution in [1.29, 1.82) is 0 Å². The highest BCUT2D eigenvalue weighted by Gasteiger charge is 2.21. The lowest BCUT2D eigenvalue weighted by Gasteiger charge is -2.33. The summed E-state index contributed by atoms with van der Waals surface area (Å²) in [6, 6.07) is 2.12. The zero-order chi connectivity index (χ0) is 15.2. The summed E-state index contributed by atoms with van der Waals surface area (Å²) in [5.74, 6) is 2.22. The van der Waals surface area contributed by atoms with Crippen LogP contribution in [0, 0.1) is 12.8 Å². The second kappa shape index (κ2) is 7.38. The van der Waals surface area contributed by atoms with Crippen molar-refractivity contribution in [2.75, 3.05) is 18.0 Å². The highest BCUT2D eigenvalue weighted by atomic mass is 16.1. The summed E-state index contributed by atoms with van der Waals surface area (Å²) in [7, 11) is 0. The topological polar surface area (TPSA) is 72.1 Å². The maximum atomic E-state index is 10.9. The predicted molar refractivity (Wildman–Crippen MR) is 84.1 cm³/mol. The molecule has 1 aromatic heterocycles. The molecule has 0 spiro atoms. The highest BCUT2D eigenvalue weighted by molar-refractivity contribution is 5.73. The summed E-state index contributed by atoms with van der Waals surface area (Å²) in [4.78, 5) is 22.4.